The normalized spacial score (nSPS) is 16.0. The molecule has 1 aliphatic heterocycles. The molecular formula is C15H18ClNO4. The third kappa shape index (κ3) is 3.67. The van der Waals surface area contributed by atoms with E-state index in [1.165, 1.54) is 12.0 Å². The van der Waals surface area contributed by atoms with Gasteiger partial charge in [0.05, 0.1) is 7.11 Å². The van der Waals surface area contributed by atoms with Gasteiger partial charge in [-0.1, -0.05) is 18.5 Å². The van der Waals surface area contributed by atoms with E-state index in [0.717, 1.165) is 12.0 Å². The Morgan fingerprint density at radius 2 is 2.24 bits per heavy atom. The average Bonchev–Trinajstić information content (AvgIpc) is 2.88. The molecule has 5 nitrogen and oxygen atoms in total. The molecule has 0 radical (unpaired) electrons. The van der Waals surface area contributed by atoms with Crippen LogP contribution in [-0.2, 0) is 20.7 Å². The molecule has 1 aliphatic rings. The Kier molecular flexibility index (Phi) is 5.07. The molecule has 1 atom stereocenters. The predicted octanol–water partition coefficient (Wildman–Crippen LogP) is 2.06. The van der Waals surface area contributed by atoms with Gasteiger partial charge in [0.15, 0.2) is 6.10 Å². The zero-order valence-corrected chi connectivity index (χ0v) is 12.9. The number of amides is 1. The van der Waals surface area contributed by atoms with E-state index in [0.29, 0.717) is 23.7 Å². The topological polar surface area (TPSA) is 55.8 Å². The van der Waals surface area contributed by atoms with Gasteiger partial charge in [-0.15, -0.1) is 0 Å². The smallest absolute Gasteiger partial charge is 0.325 e. The fourth-order valence-electron chi connectivity index (χ4n) is 2.32. The number of rotatable bonds is 5. The van der Waals surface area contributed by atoms with Crippen LogP contribution in [0.25, 0.3) is 0 Å². The van der Waals surface area contributed by atoms with E-state index in [1.807, 2.05) is 6.92 Å². The highest BCUT2D eigenvalue weighted by atomic mass is 35.5. The number of carbonyl (C=O) groups excluding carboxylic acids is 2. The van der Waals surface area contributed by atoms with E-state index >= 15 is 0 Å². The van der Waals surface area contributed by atoms with Crippen molar-refractivity contribution in [2.75, 3.05) is 20.2 Å². The molecule has 1 unspecified atom stereocenters. The number of ether oxygens (including phenoxy) is 2. The van der Waals surface area contributed by atoms with Crippen LogP contribution in [-0.4, -0.2) is 43.1 Å². The molecule has 0 bridgehead atoms. The minimum absolute atomic E-state index is 0.0554. The summed E-state index contributed by atoms with van der Waals surface area (Å²) in [7, 11) is 1.31. The van der Waals surface area contributed by atoms with Crippen molar-refractivity contribution in [2.45, 2.75) is 25.9 Å². The number of esters is 1. The van der Waals surface area contributed by atoms with E-state index in [4.69, 9.17) is 16.3 Å². The lowest BCUT2D eigenvalue weighted by Gasteiger charge is -2.23. The second-order valence-corrected chi connectivity index (χ2v) is 5.34. The van der Waals surface area contributed by atoms with E-state index in [9.17, 15) is 9.59 Å². The maximum absolute atomic E-state index is 12.5. The molecule has 0 fully saturated rings. The summed E-state index contributed by atoms with van der Waals surface area (Å²) in [5.41, 5.74) is 0.912. The fourth-order valence-corrected chi connectivity index (χ4v) is 2.51. The van der Waals surface area contributed by atoms with Crippen LogP contribution in [0.3, 0.4) is 0 Å². The highest BCUT2D eigenvalue weighted by Crippen LogP contribution is 2.31. The largest absolute Gasteiger partial charge is 0.480 e. The maximum Gasteiger partial charge on any atom is 0.325 e. The molecule has 2 rings (SSSR count). The summed E-state index contributed by atoms with van der Waals surface area (Å²) in [6.45, 7) is 2.38. The molecule has 0 aliphatic carbocycles. The van der Waals surface area contributed by atoms with Gasteiger partial charge in [0.25, 0.3) is 5.91 Å². The van der Waals surface area contributed by atoms with E-state index < -0.39 is 12.1 Å². The van der Waals surface area contributed by atoms with Gasteiger partial charge in [-0.3, -0.25) is 9.59 Å². The van der Waals surface area contributed by atoms with Crippen molar-refractivity contribution in [2.24, 2.45) is 0 Å². The Morgan fingerprint density at radius 1 is 1.48 bits per heavy atom. The van der Waals surface area contributed by atoms with E-state index in [-0.39, 0.29) is 12.5 Å². The number of carbonyl (C=O) groups is 2. The lowest BCUT2D eigenvalue weighted by molar-refractivity contribution is -0.149. The first-order valence-corrected chi connectivity index (χ1v) is 7.23. The van der Waals surface area contributed by atoms with Crippen molar-refractivity contribution in [3.05, 3.63) is 28.8 Å². The molecule has 1 amide bonds. The summed E-state index contributed by atoms with van der Waals surface area (Å²) in [6, 6.07) is 5.29. The zero-order valence-electron chi connectivity index (χ0n) is 12.1. The van der Waals surface area contributed by atoms with E-state index in [2.05, 4.69) is 4.74 Å². The van der Waals surface area contributed by atoms with Gasteiger partial charge < -0.3 is 14.4 Å². The van der Waals surface area contributed by atoms with Crippen molar-refractivity contribution in [3.8, 4) is 5.75 Å². The van der Waals surface area contributed by atoms with Crippen LogP contribution in [0.1, 0.15) is 18.9 Å². The van der Waals surface area contributed by atoms with Gasteiger partial charge >= 0.3 is 5.97 Å². The number of nitrogens with zero attached hydrogens (tertiary/aromatic N) is 1. The third-order valence-corrected chi connectivity index (χ3v) is 3.56. The first kappa shape index (κ1) is 15.6. The quantitative estimate of drug-likeness (QED) is 0.781. The number of methoxy groups -OCH3 is 1. The molecule has 0 saturated carbocycles. The van der Waals surface area contributed by atoms with Gasteiger partial charge in [0.1, 0.15) is 12.3 Å². The van der Waals surface area contributed by atoms with Crippen LogP contribution < -0.4 is 4.74 Å². The number of benzene rings is 1. The summed E-state index contributed by atoms with van der Waals surface area (Å²) in [5, 5.41) is 0.616. The van der Waals surface area contributed by atoms with E-state index in [1.54, 1.807) is 18.2 Å². The number of fused-ring (bicyclic) bond motifs is 1. The van der Waals surface area contributed by atoms with Gasteiger partial charge in [-0.25, -0.2) is 0 Å². The van der Waals surface area contributed by atoms with Crippen LogP contribution in [0.4, 0.5) is 0 Å². The van der Waals surface area contributed by atoms with Crippen molar-refractivity contribution in [1.29, 1.82) is 0 Å². The van der Waals surface area contributed by atoms with Gasteiger partial charge in [-0.2, -0.15) is 0 Å². The fraction of sp³-hybridized carbons (Fsp3) is 0.467. The van der Waals surface area contributed by atoms with Crippen LogP contribution in [0.5, 0.6) is 5.75 Å². The van der Waals surface area contributed by atoms with Crippen molar-refractivity contribution < 1.29 is 19.1 Å². The highest BCUT2D eigenvalue weighted by molar-refractivity contribution is 6.30. The number of hydrogen-bond donors (Lipinski definition) is 0. The van der Waals surface area contributed by atoms with Gasteiger partial charge in [0.2, 0.25) is 0 Å². The number of hydrogen-bond acceptors (Lipinski definition) is 4. The first-order chi connectivity index (χ1) is 10.0. The highest BCUT2D eigenvalue weighted by Gasteiger charge is 2.33. The molecular weight excluding hydrogens is 294 g/mol. The maximum atomic E-state index is 12.5. The Balaban J connectivity index is 2.07. The minimum atomic E-state index is -0.602. The molecule has 1 aromatic carbocycles. The van der Waals surface area contributed by atoms with Gasteiger partial charge in [0, 0.05) is 18.0 Å². The summed E-state index contributed by atoms with van der Waals surface area (Å²) < 4.78 is 10.3. The van der Waals surface area contributed by atoms with Crippen LogP contribution in [0.2, 0.25) is 5.02 Å². The number of halogens is 1. The molecule has 6 heteroatoms. The van der Waals surface area contributed by atoms with Gasteiger partial charge in [-0.05, 0) is 30.2 Å². The Morgan fingerprint density at radius 3 is 2.90 bits per heavy atom. The van der Waals surface area contributed by atoms with Crippen LogP contribution in [0, 0.1) is 0 Å². The summed E-state index contributed by atoms with van der Waals surface area (Å²) in [5.74, 6) is 0.0391. The zero-order chi connectivity index (χ0) is 15.4. The molecule has 0 N–H and O–H groups in total. The Labute approximate surface area is 128 Å². The van der Waals surface area contributed by atoms with Crippen LogP contribution in [0.15, 0.2) is 18.2 Å². The SMILES string of the molecule is CCCN(CC(=O)OC)C(=O)C1Cc2cc(Cl)ccc2O1. The Bertz CT molecular complexity index is 546. The molecule has 1 aromatic rings. The summed E-state index contributed by atoms with van der Waals surface area (Å²) in [4.78, 5) is 25.4. The monoisotopic (exact) mass is 311 g/mol. The third-order valence-electron chi connectivity index (χ3n) is 3.33. The molecule has 0 spiro atoms. The second kappa shape index (κ2) is 6.80. The molecule has 1 heterocycles. The van der Waals surface area contributed by atoms with Crippen LogP contribution >= 0.6 is 11.6 Å². The Hall–Kier alpha value is -1.75. The minimum Gasteiger partial charge on any atom is -0.480 e. The average molecular weight is 312 g/mol. The predicted molar refractivity (Wildman–Crippen MR) is 78.5 cm³/mol. The standard InChI is InChI=1S/C15H18ClNO4/c1-3-6-17(9-14(18)20-2)15(19)13-8-10-7-11(16)4-5-12(10)21-13/h4-5,7,13H,3,6,8-9H2,1-2H3. The second-order valence-electron chi connectivity index (χ2n) is 4.90. The van der Waals surface area contributed by atoms with Crippen molar-refractivity contribution >= 4 is 23.5 Å². The molecule has 21 heavy (non-hydrogen) atoms. The molecule has 0 aromatic heterocycles. The molecule has 114 valence electrons. The summed E-state index contributed by atoms with van der Waals surface area (Å²) in [6.07, 6.45) is 0.624. The van der Waals surface area contributed by atoms with Crippen molar-refractivity contribution in [1.82, 2.24) is 4.90 Å². The first-order valence-electron chi connectivity index (χ1n) is 6.85. The lowest BCUT2D eigenvalue weighted by atomic mass is 10.1. The van der Waals surface area contributed by atoms with Crippen molar-refractivity contribution in [3.63, 3.8) is 0 Å². The summed E-state index contributed by atoms with van der Waals surface area (Å²) >= 11 is 5.94. The molecule has 0 saturated heterocycles. The lowest BCUT2D eigenvalue weighted by Crippen LogP contribution is -2.44.